The van der Waals surface area contributed by atoms with Gasteiger partial charge in [0.25, 0.3) is 0 Å². The SMILES string of the molecule is CCCSCc1cccc(C)c1O. The van der Waals surface area contributed by atoms with Gasteiger partial charge in [0.15, 0.2) is 0 Å². The van der Waals surface area contributed by atoms with E-state index in [4.69, 9.17) is 0 Å². The highest BCUT2D eigenvalue weighted by molar-refractivity contribution is 7.98. The molecule has 0 heterocycles. The number of para-hydroxylation sites is 1. The van der Waals surface area contributed by atoms with Crippen LogP contribution in [0.5, 0.6) is 5.75 Å². The first-order valence-corrected chi connectivity index (χ1v) is 5.76. The van der Waals surface area contributed by atoms with Gasteiger partial charge < -0.3 is 5.11 Å². The highest BCUT2D eigenvalue weighted by atomic mass is 32.2. The van der Waals surface area contributed by atoms with Gasteiger partial charge in [0.1, 0.15) is 5.75 Å². The summed E-state index contributed by atoms with van der Waals surface area (Å²) in [5.74, 6) is 2.54. The minimum absolute atomic E-state index is 0.464. The molecular formula is C11H16OS. The molecule has 0 aliphatic rings. The van der Waals surface area contributed by atoms with E-state index in [1.54, 1.807) is 0 Å². The third kappa shape index (κ3) is 2.96. The smallest absolute Gasteiger partial charge is 0.122 e. The zero-order valence-electron chi connectivity index (χ0n) is 8.21. The summed E-state index contributed by atoms with van der Waals surface area (Å²) in [6.45, 7) is 4.10. The van der Waals surface area contributed by atoms with Crippen LogP contribution in [0, 0.1) is 6.92 Å². The topological polar surface area (TPSA) is 20.2 Å². The maximum absolute atomic E-state index is 9.68. The average Bonchev–Trinajstić information content (AvgIpc) is 2.13. The molecule has 0 aromatic heterocycles. The number of aryl methyl sites for hydroxylation is 1. The fourth-order valence-electron chi connectivity index (χ4n) is 1.16. The van der Waals surface area contributed by atoms with Crippen LogP contribution in [-0.2, 0) is 5.75 Å². The number of phenols is 1. The second-order valence-corrected chi connectivity index (χ2v) is 4.24. The van der Waals surface area contributed by atoms with Gasteiger partial charge in [-0.3, -0.25) is 0 Å². The molecule has 2 heteroatoms. The van der Waals surface area contributed by atoms with E-state index in [0.717, 1.165) is 22.6 Å². The Bertz CT molecular complexity index is 271. The quantitative estimate of drug-likeness (QED) is 0.745. The van der Waals surface area contributed by atoms with Crippen molar-refractivity contribution in [3.8, 4) is 5.75 Å². The van der Waals surface area contributed by atoms with Crippen LogP contribution in [0.2, 0.25) is 0 Å². The first-order chi connectivity index (χ1) is 6.25. The lowest BCUT2D eigenvalue weighted by molar-refractivity contribution is 0.466. The molecule has 1 nitrogen and oxygen atoms in total. The average molecular weight is 196 g/mol. The van der Waals surface area contributed by atoms with Gasteiger partial charge in [0, 0.05) is 11.3 Å². The van der Waals surface area contributed by atoms with Gasteiger partial charge in [-0.15, -0.1) is 0 Å². The Kier molecular flexibility index (Phi) is 4.16. The van der Waals surface area contributed by atoms with Crippen molar-refractivity contribution in [3.63, 3.8) is 0 Å². The second-order valence-electron chi connectivity index (χ2n) is 3.14. The van der Waals surface area contributed by atoms with Crippen LogP contribution in [0.4, 0.5) is 0 Å². The third-order valence-corrected chi connectivity index (χ3v) is 3.14. The van der Waals surface area contributed by atoms with E-state index in [0.29, 0.717) is 5.75 Å². The molecule has 72 valence electrons. The van der Waals surface area contributed by atoms with Gasteiger partial charge >= 0.3 is 0 Å². The van der Waals surface area contributed by atoms with Crippen molar-refractivity contribution in [3.05, 3.63) is 29.3 Å². The van der Waals surface area contributed by atoms with Crippen molar-refractivity contribution in [2.24, 2.45) is 0 Å². The summed E-state index contributed by atoms with van der Waals surface area (Å²) in [6.07, 6.45) is 1.19. The molecular weight excluding hydrogens is 180 g/mol. The van der Waals surface area contributed by atoms with Crippen LogP contribution in [0.15, 0.2) is 18.2 Å². The van der Waals surface area contributed by atoms with Gasteiger partial charge in [0.2, 0.25) is 0 Å². The summed E-state index contributed by atoms with van der Waals surface area (Å²) in [5, 5.41) is 9.68. The van der Waals surface area contributed by atoms with E-state index in [9.17, 15) is 5.11 Å². The fraction of sp³-hybridized carbons (Fsp3) is 0.455. The Hall–Kier alpha value is -0.630. The Morgan fingerprint density at radius 3 is 2.85 bits per heavy atom. The van der Waals surface area contributed by atoms with Crippen molar-refractivity contribution in [2.75, 3.05) is 5.75 Å². The van der Waals surface area contributed by atoms with Gasteiger partial charge in [-0.25, -0.2) is 0 Å². The predicted octanol–water partition coefficient (Wildman–Crippen LogP) is 3.34. The number of phenolic OH excluding ortho intramolecular Hbond substituents is 1. The number of thioether (sulfide) groups is 1. The van der Waals surface area contributed by atoms with Crippen molar-refractivity contribution >= 4 is 11.8 Å². The molecule has 0 radical (unpaired) electrons. The van der Waals surface area contributed by atoms with E-state index in [2.05, 4.69) is 6.92 Å². The molecule has 1 aromatic rings. The summed E-state index contributed by atoms with van der Waals surface area (Å²) in [6, 6.07) is 5.92. The maximum Gasteiger partial charge on any atom is 0.122 e. The minimum Gasteiger partial charge on any atom is -0.507 e. The molecule has 0 saturated heterocycles. The van der Waals surface area contributed by atoms with E-state index >= 15 is 0 Å². The summed E-state index contributed by atoms with van der Waals surface area (Å²) >= 11 is 1.87. The van der Waals surface area contributed by atoms with Crippen LogP contribution in [0.3, 0.4) is 0 Å². The van der Waals surface area contributed by atoms with Crippen molar-refractivity contribution < 1.29 is 5.11 Å². The lowest BCUT2D eigenvalue weighted by Crippen LogP contribution is -1.85. The van der Waals surface area contributed by atoms with E-state index in [1.807, 2.05) is 36.9 Å². The highest BCUT2D eigenvalue weighted by Gasteiger charge is 2.02. The number of hydrogen-bond acceptors (Lipinski definition) is 2. The van der Waals surface area contributed by atoms with Crippen molar-refractivity contribution in [2.45, 2.75) is 26.0 Å². The summed E-state index contributed by atoms with van der Waals surface area (Å²) in [7, 11) is 0. The van der Waals surface area contributed by atoms with Gasteiger partial charge in [-0.05, 0) is 24.7 Å². The summed E-state index contributed by atoms with van der Waals surface area (Å²) in [4.78, 5) is 0. The molecule has 0 bridgehead atoms. The molecule has 1 aromatic carbocycles. The van der Waals surface area contributed by atoms with Crippen LogP contribution in [0.25, 0.3) is 0 Å². The summed E-state index contributed by atoms with van der Waals surface area (Å²) < 4.78 is 0. The molecule has 0 spiro atoms. The maximum atomic E-state index is 9.68. The zero-order chi connectivity index (χ0) is 9.68. The molecule has 0 fully saturated rings. The lowest BCUT2D eigenvalue weighted by Gasteiger charge is -2.05. The molecule has 0 aliphatic carbocycles. The monoisotopic (exact) mass is 196 g/mol. The first kappa shape index (κ1) is 10.5. The van der Waals surface area contributed by atoms with Crippen molar-refractivity contribution in [1.82, 2.24) is 0 Å². The lowest BCUT2D eigenvalue weighted by atomic mass is 10.1. The molecule has 0 aliphatic heterocycles. The third-order valence-electron chi connectivity index (χ3n) is 1.93. The van der Waals surface area contributed by atoms with Crippen LogP contribution in [0.1, 0.15) is 24.5 Å². The normalized spacial score (nSPS) is 10.3. The second kappa shape index (κ2) is 5.18. The first-order valence-electron chi connectivity index (χ1n) is 4.61. The number of aromatic hydroxyl groups is 1. The fourth-order valence-corrected chi connectivity index (χ4v) is 2.05. The Morgan fingerprint density at radius 1 is 1.38 bits per heavy atom. The molecule has 1 N–H and O–H groups in total. The minimum atomic E-state index is 0.464. The standard InChI is InChI=1S/C11H16OS/c1-3-7-13-8-10-6-4-5-9(2)11(10)12/h4-6,12H,3,7-8H2,1-2H3. The molecule has 0 amide bonds. The number of benzene rings is 1. The molecule has 0 saturated carbocycles. The molecule has 0 atom stereocenters. The van der Waals surface area contributed by atoms with E-state index in [-0.39, 0.29) is 0 Å². The zero-order valence-corrected chi connectivity index (χ0v) is 9.03. The largest absolute Gasteiger partial charge is 0.507 e. The van der Waals surface area contributed by atoms with Crippen LogP contribution >= 0.6 is 11.8 Å². The van der Waals surface area contributed by atoms with Gasteiger partial charge in [-0.1, -0.05) is 25.1 Å². The van der Waals surface area contributed by atoms with E-state index in [1.165, 1.54) is 6.42 Å². The molecule has 0 unspecified atom stereocenters. The molecule has 13 heavy (non-hydrogen) atoms. The van der Waals surface area contributed by atoms with Crippen molar-refractivity contribution in [1.29, 1.82) is 0 Å². The number of hydrogen-bond donors (Lipinski definition) is 1. The Balaban J connectivity index is 2.61. The Labute approximate surface area is 84.2 Å². The summed E-state index contributed by atoms with van der Waals surface area (Å²) in [5.41, 5.74) is 2.02. The van der Waals surface area contributed by atoms with Gasteiger partial charge in [-0.2, -0.15) is 11.8 Å². The molecule has 1 rings (SSSR count). The highest BCUT2D eigenvalue weighted by Crippen LogP contribution is 2.25. The van der Waals surface area contributed by atoms with Gasteiger partial charge in [0.05, 0.1) is 0 Å². The van der Waals surface area contributed by atoms with Crippen LogP contribution in [-0.4, -0.2) is 10.9 Å². The van der Waals surface area contributed by atoms with Crippen LogP contribution < -0.4 is 0 Å². The van der Waals surface area contributed by atoms with E-state index < -0.39 is 0 Å². The predicted molar refractivity (Wildman–Crippen MR) is 59.3 cm³/mol. The Morgan fingerprint density at radius 2 is 2.15 bits per heavy atom. The number of rotatable bonds is 4.